The van der Waals surface area contributed by atoms with Crippen molar-refractivity contribution in [2.45, 2.75) is 44.4 Å². The number of ether oxygens (including phenoxy) is 2. The van der Waals surface area contributed by atoms with E-state index in [1.54, 1.807) is 0 Å². The zero-order valence-corrected chi connectivity index (χ0v) is 18.2. The Hall–Kier alpha value is -3.39. The van der Waals surface area contributed by atoms with Crippen molar-refractivity contribution in [2.75, 3.05) is 13.7 Å². The lowest BCUT2D eigenvalue weighted by molar-refractivity contribution is -0.145. The minimum Gasteiger partial charge on any atom is -0.467 e. The first-order valence-electron chi connectivity index (χ1n) is 10.5. The molecule has 0 radical (unpaired) electrons. The minimum absolute atomic E-state index is 0.104. The van der Waals surface area contributed by atoms with Gasteiger partial charge in [0.1, 0.15) is 12.6 Å². The highest BCUT2D eigenvalue weighted by molar-refractivity contribution is 5.84. The van der Waals surface area contributed by atoms with E-state index in [0.29, 0.717) is 12.8 Å². The molecule has 8 nitrogen and oxygen atoms in total. The van der Waals surface area contributed by atoms with Gasteiger partial charge in [0.05, 0.1) is 19.6 Å². The Kier molecular flexibility index (Phi) is 10.7. The number of nitrogens with one attached hydrogen (secondary N) is 2. The first-order valence-corrected chi connectivity index (χ1v) is 10.5. The third-order valence-electron chi connectivity index (χ3n) is 4.74. The van der Waals surface area contributed by atoms with Gasteiger partial charge in [0, 0.05) is 6.54 Å². The van der Waals surface area contributed by atoms with Crippen LogP contribution in [0.25, 0.3) is 0 Å². The summed E-state index contributed by atoms with van der Waals surface area (Å²) in [6.45, 7) is -0.0506. The van der Waals surface area contributed by atoms with E-state index in [9.17, 15) is 19.5 Å². The zero-order chi connectivity index (χ0) is 23.2. The van der Waals surface area contributed by atoms with Crippen molar-refractivity contribution in [1.82, 2.24) is 10.6 Å². The summed E-state index contributed by atoms with van der Waals surface area (Å²) in [6.07, 6.45) is -0.231. The van der Waals surface area contributed by atoms with Gasteiger partial charge in [-0.1, -0.05) is 60.7 Å². The van der Waals surface area contributed by atoms with Gasteiger partial charge in [-0.2, -0.15) is 0 Å². The van der Waals surface area contributed by atoms with E-state index in [0.717, 1.165) is 17.5 Å². The molecule has 2 aromatic rings. The van der Waals surface area contributed by atoms with Gasteiger partial charge in [-0.05, 0) is 30.4 Å². The van der Waals surface area contributed by atoms with Crippen LogP contribution in [0.2, 0.25) is 0 Å². The number of alkyl carbamates (subject to hydrolysis) is 1. The second-order valence-electron chi connectivity index (χ2n) is 7.32. The normalized spacial score (nSPS) is 12.3. The summed E-state index contributed by atoms with van der Waals surface area (Å²) in [5, 5.41) is 15.1. The monoisotopic (exact) mass is 442 g/mol. The number of carbonyl (C=O) groups excluding carboxylic acids is 3. The number of aryl methyl sites for hydroxylation is 1. The molecular formula is C24H30N2O6. The van der Waals surface area contributed by atoms with Crippen molar-refractivity contribution in [1.29, 1.82) is 0 Å². The van der Waals surface area contributed by atoms with Crippen molar-refractivity contribution in [3.63, 3.8) is 0 Å². The Bertz CT molecular complexity index is 844. The molecule has 0 aliphatic rings. The average Bonchev–Trinajstić information content (AvgIpc) is 2.81. The maximum Gasteiger partial charge on any atom is 0.407 e. The van der Waals surface area contributed by atoms with Gasteiger partial charge in [-0.15, -0.1) is 0 Å². The number of hydrogen-bond acceptors (Lipinski definition) is 6. The van der Waals surface area contributed by atoms with Gasteiger partial charge >= 0.3 is 12.1 Å². The topological polar surface area (TPSA) is 114 Å². The highest BCUT2D eigenvalue weighted by atomic mass is 16.5. The summed E-state index contributed by atoms with van der Waals surface area (Å²) in [7, 11) is 1.26. The quantitative estimate of drug-likeness (QED) is 0.435. The number of hydrogen-bond donors (Lipinski definition) is 3. The smallest absolute Gasteiger partial charge is 0.407 e. The van der Waals surface area contributed by atoms with Gasteiger partial charge in [0.25, 0.3) is 0 Å². The number of amides is 2. The van der Waals surface area contributed by atoms with Gasteiger partial charge < -0.3 is 25.2 Å². The standard InChI is InChI=1S/C24H30N2O6/c1-31-23(29)21(14-8-13-18-9-4-2-5-10-18)26-22(28)15-20(27)16-25-24(30)32-17-19-11-6-3-7-12-19/h2-7,9-12,20-21,27H,8,13-17H2,1H3,(H,25,30)(H,26,28)/t20-,21-/m1/s1. The molecule has 0 saturated heterocycles. The van der Waals surface area contributed by atoms with Crippen molar-refractivity contribution < 1.29 is 29.0 Å². The summed E-state index contributed by atoms with van der Waals surface area (Å²) >= 11 is 0. The van der Waals surface area contributed by atoms with Crippen molar-refractivity contribution in [3.8, 4) is 0 Å². The van der Waals surface area contributed by atoms with Crippen LogP contribution >= 0.6 is 0 Å². The Balaban J connectivity index is 1.69. The Labute approximate surface area is 187 Å². The van der Waals surface area contributed by atoms with Crippen LogP contribution < -0.4 is 10.6 Å². The highest BCUT2D eigenvalue weighted by Gasteiger charge is 2.22. The summed E-state index contributed by atoms with van der Waals surface area (Å²) < 4.78 is 9.83. The molecule has 0 spiro atoms. The third kappa shape index (κ3) is 9.61. The molecule has 2 rings (SSSR count). The largest absolute Gasteiger partial charge is 0.467 e. The number of benzene rings is 2. The number of rotatable bonds is 12. The van der Waals surface area contributed by atoms with E-state index >= 15 is 0 Å². The van der Waals surface area contributed by atoms with Crippen molar-refractivity contribution in [2.24, 2.45) is 0 Å². The van der Waals surface area contributed by atoms with Crippen LogP contribution in [0.5, 0.6) is 0 Å². The van der Waals surface area contributed by atoms with Gasteiger partial charge in [0.15, 0.2) is 0 Å². The molecule has 0 aliphatic heterocycles. The predicted octanol–water partition coefficient (Wildman–Crippen LogP) is 2.34. The highest BCUT2D eigenvalue weighted by Crippen LogP contribution is 2.08. The fourth-order valence-corrected chi connectivity index (χ4v) is 3.06. The second kappa shape index (κ2) is 13.8. The fourth-order valence-electron chi connectivity index (χ4n) is 3.06. The van der Waals surface area contributed by atoms with Crippen LogP contribution in [-0.2, 0) is 32.1 Å². The molecule has 0 aromatic heterocycles. The molecule has 0 saturated carbocycles. The summed E-state index contributed by atoms with van der Waals surface area (Å²) in [5.41, 5.74) is 1.98. The van der Waals surface area contributed by atoms with E-state index in [1.807, 2.05) is 60.7 Å². The molecule has 2 amide bonds. The van der Waals surface area contributed by atoms with Crippen LogP contribution in [0.3, 0.4) is 0 Å². The lowest BCUT2D eigenvalue weighted by Gasteiger charge is -2.18. The number of aliphatic hydroxyl groups is 1. The van der Waals surface area contributed by atoms with Gasteiger partial charge in [-0.3, -0.25) is 4.79 Å². The average molecular weight is 443 g/mol. The maximum atomic E-state index is 12.2. The van der Waals surface area contributed by atoms with Crippen LogP contribution in [0.15, 0.2) is 60.7 Å². The molecule has 2 aromatic carbocycles. The Morgan fingerprint density at radius 3 is 2.22 bits per heavy atom. The van der Waals surface area contributed by atoms with Crippen LogP contribution in [0.4, 0.5) is 4.79 Å². The molecule has 32 heavy (non-hydrogen) atoms. The minimum atomic E-state index is -1.12. The molecule has 0 aliphatic carbocycles. The Morgan fingerprint density at radius 1 is 0.969 bits per heavy atom. The fraction of sp³-hybridized carbons (Fsp3) is 0.375. The third-order valence-corrected chi connectivity index (χ3v) is 4.74. The summed E-state index contributed by atoms with van der Waals surface area (Å²) in [5.74, 6) is -1.05. The van der Waals surface area contributed by atoms with E-state index in [1.165, 1.54) is 7.11 Å². The number of esters is 1. The summed E-state index contributed by atoms with van der Waals surface area (Å²) in [6, 6.07) is 18.2. The number of aliphatic hydroxyl groups excluding tert-OH is 1. The van der Waals surface area contributed by atoms with Crippen molar-refractivity contribution >= 4 is 18.0 Å². The molecular weight excluding hydrogens is 412 g/mol. The lowest BCUT2D eigenvalue weighted by atomic mass is 10.0. The molecule has 0 fully saturated rings. The first kappa shape index (κ1) is 24.9. The Morgan fingerprint density at radius 2 is 1.59 bits per heavy atom. The molecule has 0 bridgehead atoms. The van der Waals surface area contributed by atoms with Crippen LogP contribution in [-0.4, -0.2) is 48.9 Å². The lowest BCUT2D eigenvalue weighted by Crippen LogP contribution is -2.43. The van der Waals surface area contributed by atoms with Gasteiger partial charge in [0.2, 0.25) is 5.91 Å². The first-order chi connectivity index (χ1) is 15.5. The molecule has 3 N–H and O–H groups in total. The van der Waals surface area contributed by atoms with Crippen LogP contribution in [0, 0.1) is 0 Å². The predicted molar refractivity (Wildman–Crippen MR) is 119 cm³/mol. The zero-order valence-electron chi connectivity index (χ0n) is 18.2. The number of carbonyl (C=O) groups is 3. The van der Waals surface area contributed by atoms with Crippen LogP contribution in [0.1, 0.15) is 30.4 Å². The number of methoxy groups -OCH3 is 1. The molecule has 172 valence electrons. The molecule has 2 atom stereocenters. The van der Waals surface area contributed by atoms with Gasteiger partial charge in [-0.25, -0.2) is 9.59 Å². The van der Waals surface area contributed by atoms with E-state index in [-0.39, 0.29) is 19.6 Å². The van der Waals surface area contributed by atoms with E-state index in [4.69, 9.17) is 9.47 Å². The van der Waals surface area contributed by atoms with E-state index in [2.05, 4.69) is 10.6 Å². The molecule has 0 heterocycles. The maximum absolute atomic E-state index is 12.2. The summed E-state index contributed by atoms with van der Waals surface area (Å²) in [4.78, 5) is 36.0. The second-order valence-corrected chi connectivity index (χ2v) is 7.32. The molecule has 8 heteroatoms. The van der Waals surface area contributed by atoms with E-state index < -0.39 is 30.1 Å². The SMILES string of the molecule is COC(=O)[C@@H](CCCc1ccccc1)NC(=O)C[C@@H](O)CNC(=O)OCc1ccccc1. The van der Waals surface area contributed by atoms with Crippen molar-refractivity contribution in [3.05, 3.63) is 71.8 Å². The molecule has 0 unspecified atom stereocenters.